The summed E-state index contributed by atoms with van der Waals surface area (Å²) in [6.45, 7) is 0.583. The second-order valence-corrected chi connectivity index (χ2v) is 8.14. The third-order valence-electron chi connectivity index (χ3n) is 5.76. The van der Waals surface area contributed by atoms with Crippen LogP contribution in [0.2, 0.25) is 0 Å². The lowest BCUT2D eigenvalue weighted by Crippen LogP contribution is -2.46. The van der Waals surface area contributed by atoms with Crippen LogP contribution in [0, 0.1) is 0 Å². The van der Waals surface area contributed by atoms with Gasteiger partial charge in [-0.1, -0.05) is 12.1 Å². The quantitative estimate of drug-likeness (QED) is 0.571. The Balaban J connectivity index is 1.47. The molecule has 1 aromatic carbocycles. The fraction of sp³-hybridized carbons (Fsp3) is 0.391. The van der Waals surface area contributed by atoms with Crippen molar-refractivity contribution in [3.05, 3.63) is 59.5 Å². The molecule has 0 unspecified atom stereocenters. The van der Waals surface area contributed by atoms with Crippen LogP contribution >= 0.6 is 0 Å². The largest absolute Gasteiger partial charge is 0.433 e. The average molecular weight is 460 g/mol. The number of aliphatic hydroxyl groups excluding tert-OH is 1. The number of aromatic nitrogens is 3. The number of benzene rings is 1. The minimum Gasteiger partial charge on any atom is -0.394 e. The highest BCUT2D eigenvalue weighted by molar-refractivity contribution is 5.96. The van der Waals surface area contributed by atoms with Gasteiger partial charge in [0.2, 0.25) is 5.91 Å². The number of fused-ring (bicyclic) bond motifs is 1. The predicted molar refractivity (Wildman–Crippen MR) is 113 cm³/mol. The Labute approximate surface area is 187 Å². The van der Waals surface area contributed by atoms with Gasteiger partial charge < -0.3 is 10.0 Å². The fourth-order valence-electron chi connectivity index (χ4n) is 4.09. The molecule has 1 saturated heterocycles. The van der Waals surface area contributed by atoms with Gasteiger partial charge in [0.1, 0.15) is 17.9 Å². The summed E-state index contributed by atoms with van der Waals surface area (Å²) in [6, 6.07) is 8.20. The number of hydrogen-bond donors (Lipinski definition) is 1. The van der Waals surface area contributed by atoms with E-state index in [1.54, 1.807) is 29.3 Å². The summed E-state index contributed by atoms with van der Waals surface area (Å²) < 4.78 is 40.1. The first-order valence-corrected chi connectivity index (χ1v) is 10.7. The first-order chi connectivity index (χ1) is 15.7. The highest BCUT2D eigenvalue weighted by Crippen LogP contribution is 2.27. The van der Waals surface area contributed by atoms with Crippen LogP contribution in [0.4, 0.5) is 13.2 Å². The Hall–Kier alpha value is -3.27. The number of ketones is 1. The Morgan fingerprint density at radius 2 is 1.97 bits per heavy atom. The van der Waals surface area contributed by atoms with E-state index in [0.29, 0.717) is 23.0 Å². The summed E-state index contributed by atoms with van der Waals surface area (Å²) in [4.78, 5) is 30.3. The standard InChI is InChI=1S/C23H23F3N4O3/c24-23(25,26)21-6-3-5-19(27-21)20(32)11-15-7-8-18-16(10-15)12-29(28-18)13-22(33)30-9-2-1-4-17(30)14-31/h3,5-8,10,12,17,31H,1-2,4,9,11,13-14H2/t17-/m0/s1. The minimum absolute atomic E-state index is 0.0353. The molecule has 3 heterocycles. The van der Waals surface area contributed by atoms with Crippen LogP contribution in [-0.2, 0) is 23.9 Å². The van der Waals surface area contributed by atoms with Crippen LogP contribution in [0.3, 0.4) is 0 Å². The molecule has 1 amide bonds. The molecule has 0 saturated carbocycles. The van der Waals surface area contributed by atoms with Crippen molar-refractivity contribution < 1.29 is 27.9 Å². The summed E-state index contributed by atoms with van der Waals surface area (Å²) in [5.41, 5.74) is -0.111. The molecule has 1 N–H and O–H groups in total. The molecule has 10 heteroatoms. The molecular weight excluding hydrogens is 437 g/mol. The Kier molecular flexibility index (Phi) is 6.46. The van der Waals surface area contributed by atoms with E-state index in [4.69, 9.17) is 0 Å². The Morgan fingerprint density at radius 3 is 2.73 bits per heavy atom. The van der Waals surface area contributed by atoms with Crippen molar-refractivity contribution in [2.45, 2.75) is 44.4 Å². The zero-order valence-corrected chi connectivity index (χ0v) is 17.8. The molecule has 7 nitrogen and oxygen atoms in total. The maximum Gasteiger partial charge on any atom is 0.433 e. The number of hydrogen-bond acceptors (Lipinski definition) is 5. The van der Waals surface area contributed by atoms with E-state index in [1.807, 2.05) is 0 Å². The van der Waals surface area contributed by atoms with Gasteiger partial charge in [-0.3, -0.25) is 14.3 Å². The van der Waals surface area contributed by atoms with Gasteiger partial charge in [-0.05, 0) is 49.1 Å². The second kappa shape index (κ2) is 9.30. The first-order valence-electron chi connectivity index (χ1n) is 10.7. The van der Waals surface area contributed by atoms with Crippen LogP contribution in [0.1, 0.15) is 41.0 Å². The molecule has 1 fully saturated rings. The van der Waals surface area contributed by atoms with E-state index in [2.05, 4.69) is 10.1 Å². The topological polar surface area (TPSA) is 88.3 Å². The van der Waals surface area contributed by atoms with Crippen molar-refractivity contribution in [1.29, 1.82) is 0 Å². The molecule has 1 atom stereocenters. The normalized spacial score (nSPS) is 16.8. The molecule has 0 aliphatic carbocycles. The molecule has 3 aromatic rings. The van der Waals surface area contributed by atoms with Crippen molar-refractivity contribution >= 4 is 22.6 Å². The second-order valence-electron chi connectivity index (χ2n) is 8.14. The molecule has 4 rings (SSSR count). The Morgan fingerprint density at radius 1 is 1.15 bits per heavy atom. The number of Topliss-reactive ketones (excluding diaryl/α,β-unsaturated/α-hetero) is 1. The predicted octanol–water partition coefficient (Wildman–Crippen LogP) is 3.25. The lowest BCUT2D eigenvalue weighted by molar-refractivity contribution is -0.141. The van der Waals surface area contributed by atoms with Crippen molar-refractivity contribution in [2.24, 2.45) is 0 Å². The molecule has 1 aliphatic heterocycles. The monoisotopic (exact) mass is 460 g/mol. The zero-order chi connectivity index (χ0) is 23.6. The van der Waals surface area contributed by atoms with E-state index in [1.165, 1.54) is 10.7 Å². The van der Waals surface area contributed by atoms with E-state index < -0.39 is 17.7 Å². The number of halogens is 3. The maximum atomic E-state index is 12.9. The SMILES string of the molecule is O=C(Cc1ccc2nn(CC(=O)N3CCCC[C@H]3CO)cc2c1)c1cccc(C(F)(F)F)n1. The molecule has 0 radical (unpaired) electrons. The number of alkyl halides is 3. The third kappa shape index (κ3) is 5.22. The number of carbonyl (C=O) groups is 2. The van der Waals surface area contributed by atoms with Gasteiger partial charge in [-0.15, -0.1) is 0 Å². The molecule has 0 spiro atoms. The first kappa shape index (κ1) is 22.9. The van der Waals surface area contributed by atoms with Crippen molar-refractivity contribution in [3.8, 4) is 0 Å². The number of amides is 1. The number of nitrogens with zero attached hydrogens (tertiary/aromatic N) is 4. The third-order valence-corrected chi connectivity index (χ3v) is 5.76. The van der Waals surface area contributed by atoms with Gasteiger partial charge in [0, 0.05) is 24.5 Å². The highest BCUT2D eigenvalue weighted by atomic mass is 19.4. The van der Waals surface area contributed by atoms with Gasteiger partial charge in [-0.25, -0.2) is 4.98 Å². The van der Waals surface area contributed by atoms with Crippen molar-refractivity contribution in [2.75, 3.05) is 13.2 Å². The summed E-state index contributed by atoms with van der Waals surface area (Å²) in [5.74, 6) is -0.643. The van der Waals surface area contributed by atoms with Crippen molar-refractivity contribution in [3.63, 3.8) is 0 Å². The summed E-state index contributed by atoms with van der Waals surface area (Å²) in [5, 5.41) is 14.6. The van der Waals surface area contributed by atoms with Gasteiger partial charge in [0.15, 0.2) is 5.78 Å². The van der Waals surface area contributed by atoms with Gasteiger partial charge in [-0.2, -0.15) is 18.3 Å². The molecule has 1 aliphatic rings. The lowest BCUT2D eigenvalue weighted by atomic mass is 10.0. The van der Waals surface area contributed by atoms with Gasteiger partial charge >= 0.3 is 6.18 Å². The number of pyridine rings is 1. The van der Waals surface area contributed by atoms with Gasteiger partial charge in [0.25, 0.3) is 0 Å². The summed E-state index contributed by atoms with van der Waals surface area (Å²) >= 11 is 0. The number of likely N-dealkylation sites (tertiary alicyclic amines) is 1. The average Bonchev–Trinajstić information content (AvgIpc) is 3.20. The molecule has 2 aromatic heterocycles. The minimum atomic E-state index is -4.62. The molecule has 0 bridgehead atoms. The fourth-order valence-corrected chi connectivity index (χ4v) is 4.09. The van der Waals surface area contributed by atoms with Crippen LogP contribution in [0.5, 0.6) is 0 Å². The number of piperidine rings is 1. The molecular formula is C23H23F3N4O3. The van der Waals surface area contributed by atoms with Crippen LogP contribution in [0.15, 0.2) is 42.6 Å². The van der Waals surface area contributed by atoms with E-state index in [9.17, 15) is 27.9 Å². The lowest BCUT2D eigenvalue weighted by Gasteiger charge is -2.34. The van der Waals surface area contributed by atoms with E-state index >= 15 is 0 Å². The summed E-state index contributed by atoms with van der Waals surface area (Å²) in [6.07, 6.45) is -0.365. The van der Waals surface area contributed by atoms with Crippen LogP contribution < -0.4 is 0 Å². The highest BCUT2D eigenvalue weighted by Gasteiger charge is 2.33. The molecule has 174 valence electrons. The van der Waals surface area contributed by atoms with Gasteiger partial charge in [0.05, 0.1) is 18.2 Å². The van der Waals surface area contributed by atoms with E-state index in [0.717, 1.165) is 31.4 Å². The molecule has 33 heavy (non-hydrogen) atoms. The van der Waals surface area contributed by atoms with E-state index in [-0.39, 0.29) is 37.2 Å². The summed E-state index contributed by atoms with van der Waals surface area (Å²) in [7, 11) is 0. The zero-order valence-electron chi connectivity index (χ0n) is 17.8. The maximum absolute atomic E-state index is 12.9. The smallest absolute Gasteiger partial charge is 0.394 e. The number of aliphatic hydroxyl groups is 1. The number of carbonyl (C=O) groups excluding carboxylic acids is 2. The van der Waals surface area contributed by atoms with Crippen LogP contribution in [0.25, 0.3) is 10.9 Å². The Bertz CT molecular complexity index is 1180. The number of rotatable bonds is 6. The van der Waals surface area contributed by atoms with Crippen molar-refractivity contribution in [1.82, 2.24) is 19.7 Å². The van der Waals surface area contributed by atoms with Crippen LogP contribution in [-0.4, -0.2) is 55.7 Å².